The van der Waals surface area contributed by atoms with Crippen molar-refractivity contribution in [2.45, 2.75) is 11.3 Å². The SMILES string of the molecule is CSc1ccc(/C=N/OCCC(=O)O)cc1. The number of nitrogens with zero attached hydrogens (tertiary/aromatic N) is 1. The van der Waals surface area contributed by atoms with Crippen LogP contribution in [0.5, 0.6) is 0 Å². The zero-order valence-electron chi connectivity index (χ0n) is 8.92. The third-order valence-corrected chi connectivity index (χ3v) is 2.54. The van der Waals surface area contributed by atoms with Gasteiger partial charge in [-0.05, 0) is 24.0 Å². The molecular formula is C11H13NO3S. The van der Waals surface area contributed by atoms with Crippen LogP contribution in [-0.2, 0) is 9.63 Å². The fraction of sp³-hybridized carbons (Fsp3) is 0.273. The lowest BCUT2D eigenvalue weighted by atomic mass is 10.2. The van der Waals surface area contributed by atoms with E-state index in [2.05, 4.69) is 5.16 Å². The number of thioether (sulfide) groups is 1. The molecule has 0 amide bonds. The van der Waals surface area contributed by atoms with Crippen molar-refractivity contribution in [3.8, 4) is 0 Å². The lowest BCUT2D eigenvalue weighted by Gasteiger charge is -1.97. The summed E-state index contributed by atoms with van der Waals surface area (Å²) in [5.74, 6) is -0.889. The van der Waals surface area contributed by atoms with Crippen LogP contribution in [0, 0.1) is 0 Å². The van der Waals surface area contributed by atoms with Crippen LogP contribution in [0.15, 0.2) is 34.3 Å². The first kappa shape index (κ1) is 12.6. The van der Waals surface area contributed by atoms with Crippen LogP contribution in [0.2, 0.25) is 0 Å². The molecule has 0 aliphatic heterocycles. The minimum Gasteiger partial charge on any atom is -0.481 e. The summed E-state index contributed by atoms with van der Waals surface area (Å²) in [6.45, 7) is 0.0920. The maximum absolute atomic E-state index is 10.2. The first-order chi connectivity index (χ1) is 7.72. The van der Waals surface area contributed by atoms with Crippen molar-refractivity contribution >= 4 is 23.9 Å². The zero-order valence-corrected chi connectivity index (χ0v) is 9.74. The second kappa shape index (κ2) is 6.90. The number of carbonyl (C=O) groups is 1. The maximum Gasteiger partial charge on any atom is 0.306 e. The van der Waals surface area contributed by atoms with Crippen molar-refractivity contribution < 1.29 is 14.7 Å². The third-order valence-electron chi connectivity index (χ3n) is 1.80. The number of rotatable bonds is 6. The molecule has 1 aromatic carbocycles. The Morgan fingerprint density at radius 3 is 2.75 bits per heavy atom. The molecule has 4 nitrogen and oxygen atoms in total. The first-order valence-electron chi connectivity index (χ1n) is 4.73. The minimum atomic E-state index is -0.889. The Bertz CT molecular complexity index is 362. The van der Waals surface area contributed by atoms with Crippen molar-refractivity contribution in [2.24, 2.45) is 5.16 Å². The van der Waals surface area contributed by atoms with E-state index in [4.69, 9.17) is 9.94 Å². The molecule has 0 unspecified atom stereocenters. The molecule has 0 bridgehead atoms. The van der Waals surface area contributed by atoms with Gasteiger partial charge in [-0.3, -0.25) is 4.79 Å². The van der Waals surface area contributed by atoms with Crippen LogP contribution in [0.25, 0.3) is 0 Å². The molecule has 0 heterocycles. The molecule has 1 N–H and O–H groups in total. The highest BCUT2D eigenvalue weighted by molar-refractivity contribution is 7.98. The molecule has 0 aromatic heterocycles. The summed E-state index contributed by atoms with van der Waals surface area (Å²) < 4.78 is 0. The molecule has 1 aromatic rings. The van der Waals surface area contributed by atoms with Gasteiger partial charge in [0.1, 0.15) is 6.61 Å². The van der Waals surface area contributed by atoms with Crippen molar-refractivity contribution in [2.75, 3.05) is 12.9 Å². The number of carboxylic acid groups (broad SMARTS) is 1. The van der Waals surface area contributed by atoms with Crippen LogP contribution in [0.1, 0.15) is 12.0 Å². The number of oxime groups is 1. The molecule has 16 heavy (non-hydrogen) atoms. The van der Waals surface area contributed by atoms with Gasteiger partial charge < -0.3 is 9.94 Å². The van der Waals surface area contributed by atoms with Gasteiger partial charge in [-0.2, -0.15) is 0 Å². The molecule has 5 heteroatoms. The normalized spacial score (nSPS) is 10.6. The number of hydrogen-bond acceptors (Lipinski definition) is 4. The van der Waals surface area contributed by atoms with E-state index < -0.39 is 5.97 Å². The molecule has 0 aliphatic carbocycles. The fourth-order valence-corrected chi connectivity index (χ4v) is 1.38. The zero-order chi connectivity index (χ0) is 11.8. The van der Waals surface area contributed by atoms with Gasteiger partial charge in [-0.25, -0.2) is 0 Å². The smallest absolute Gasteiger partial charge is 0.306 e. The van der Waals surface area contributed by atoms with Crippen molar-refractivity contribution in [1.82, 2.24) is 0 Å². The van der Waals surface area contributed by atoms with E-state index in [1.165, 1.54) is 4.90 Å². The topological polar surface area (TPSA) is 58.9 Å². The highest BCUT2D eigenvalue weighted by atomic mass is 32.2. The molecule has 0 saturated carbocycles. The largest absolute Gasteiger partial charge is 0.481 e. The Hall–Kier alpha value is -1.49. The van der Waals surface area contributed by atoms with Gasteiger partial charge in [0.05, 0.1) is 12.6 Å². The van der Waals surface area contributed by atoms with Gasteiger partial charge >= 0.3 is 5.97 Å². The summed E-state index contributed by atoms with van der Waals surface area (Å²) >= 11 is 1.67. The lowest BCUT2D eigenvalue weighted by Crippen LogP contribution is -1.99. The van der Waals surface area contributed by atoms with E-state index in [-0.39, 0.29) is 13.0 Å². The van der Waals surface area contributed by atoms with Crippen LogP contribution < -0.4 is 0 Å². The van der Waals surface area contributed by atoms with Crippen LogP contribution in [0.3, 0.4) is 0 Å². The second-order valence-corrected chi connectivity index (χ2v) is 3.86. The van der Waals surface area contributed by atoms with E-state index in [1.807, 2.05) is 30.5 Å². The van der Waals surface area contributed by atoms with Gasteiger partial charge in [0.25, 0.3) is 0 Å². The average molecular weight is 239 g/mol. The van der Waals surface area contributed by atoms with E-state index >= 15 is 0 Å². The second-order valence-electron chi connectivity index (χ2n) is 2.98. The monoisotopic (exact) mass is 239 g/mol. The predicted octanol–water partition coefficient (Wildman–Crippen LogP) is 2.23. The molecule has 0 saturated heterocycles. The molecule has 86 valence electrons. The summed E-state index contributed by atoms with van der Waals surface area (Å²) in [6, 6.07) is 7.83. The van der Waals surface area contributed by atoms with Crippen LogP contribution >= 0.6 is 11.8 Å². The van der Waals surface area contributed by atoms with Crippen LogP contribution in [-0.4, -0.2) is 30.2 Å². The number of carboxylic acids is 1. The highest BCUT2D eigenvalue weighted by Gasteiger charge is 1.95. The van der Waals surface area contributed by atoms with Gasteiger partial charge in [-0.1, -0.05) is 17.3 Å². The van der Waals surface area contributed by atoms with Crippen molar-refractivity contribution in [3.05, 3.63) is 29.8 Å². The lowest BCUT2D eigenvalue weighted by molar-refractivity contribution is -0.138. The standard InChI is InChI=1S/C11H13NO3S/c1-16-10-4-2-9(3-5-10)8-12-15-7-6-11(13)14/h2-5,8H,6-7H2,1H3,(H,13,14)/b12-8+. The Labute approximate surface area is 98.3 Å². The van der Waals surface area contributed by atoms with E-state index in [0.717, 1.165) is 5.56 Å². The molecule has 0 aliphatic rings. The number of aliphatic carboxylic acids is 1. The Balaban J connectivity index is 2.35. The Kier molecular flexibility index (Phi) is 5.42. The number of hydrogen-bond donors (Lipinski definition) is 1. The molecule has 1 rings (SSSR count). The van der Waals surface area contributed by atoms with E-state index in [1.54, 1.807) is 18.0 Å². The summed E-state index contributed by atoms with van der Waals surface area (Å²) in [6.07, 6.45) is 3.53. The first-order valence-corrected chi connectivity index (χ1v) is 5.96. The molecule has 0 spiro atoms. The molecule has 0 atom stereocenters. The summed E-state index contributed by atoms with van der Waals surface area (Å²) in [4.78, 5) is 16.1. The van der Waals surface area contributed by atoms with Gasteiger partial charge in [0.15, 0.2) is 0 Å². The predicted molar refractivity (Wildman–Crippen MR) is 64.0 cm³/mol. The molecule has 0 fully saturated rings. The summed E-state index contributed by atoms with van der Waals surface area (Å²) in [5.41, 5.74) is 0.924. The number of benzene rings is 1. The molecule has 0 radical (unpaired) electrons. The average Bonchev–Trinajstić information content (AvgIpc) is 2.29. The quantitative estimate of drug-likeness (QED) is 0.358. The summed E-state index contributed by atoms with van der Waals surface area (Å²) in [7, 11) is 0. The van der Waals surface area contributed by atoms with E-state index in [0.29, 0.717) is 0 Å². The Morgan fingerprint density at radius 2 is 2.19 bits per heavy atom. The third kappa shape index (κ3) is 4.84. The minimum absolute atomic E-state index is 0.0389. The highest BCUT2D eigenvalue weighted by Crippen LogP contribution is 2.13. The Morgan fingerprint density at radius 1 is 1.50 bits per heavy atom. The molecular weight excluding hydrogens is 226 g/mol. The van der Waals surface area contributed by atoms with Gasteiger partial charge in [0, 0.05) is 4.90 Å². The van der Waals surface area contributed by atoms with Crippen LogP contribution in [0.4, 0.5) is 0 Å². The van der Waals surface area contributed by atoms with Crippen molar-refractivity contribution in [1.29, 1.82) is 0 Å². The van der Waals surface area contributed by atoms with E-state index in [9.17, 15) is 4.79 Å². The fourth-order valence-electron chi connectivity index (χ4n) is 0.974. The van der Waals surface area contributed by atoms with Gasteiger partial charge in [0.2, 0.25) is 0 Å². The summed E-state index contributed by atoms with van der Waals surface area (Å²) in [5, 5.41) is 12.0. The van der Waals surface area contributed by atoms with Crippen molar-refractivity contribution in [3.63, 3.8) is 0 Å². The maximum atomic E-state index is 10.2. The van der Waals surface area contributed by atoms with Gasteiger partial charge in [-0.15, -0.1) is 11.8 Å².